The summed E-state index contributed by atoms with van der Waals surface area (Å²) in [6.07, 6.45) is -0.248. The second kappa shape index (κ2) is 8.62. The van der Waals surface area contributed by atoms with Crippen molar-refractivity contribution >= 4 is 17.2 Å². The van der Waals surface area contributed by atoms with Crippen molar-refractivity contribution in [2.24, 2.45) is 0 Å². The number of carbonyl (C=O) groups excluding carboxylic acids is 1. The van der Waals surface area contributed by atoms with E-state index in [0.717, 1.165) is 16.3 Å². The molecule has 1 amide bonds. The van der Waals surface area contributed by atoms with Gasteiger partial charge in [-0.3, -0.25) is 4.79 Å². The number of hydrogen-bond donors (Lipinski definition) is 1. The summed E-state index contributed by atoms with van der Waals surface area (Å²) >= 11 is 1.34. The van der Waals surface area contributed by atoms with Crippen LogP contribution in [0.25, 0.3) is 10.6 Å². The van der Waals surface area contributed by atoms with Crippen LogP contribution < -0.4 is 24.3 Å². The Morgan fingerprint density at radius 1 is 1.17 bits per heavy atom. The summed E-state index contributed by atoms with van der Waals surface area (Å²) in [6, 6.07) is 13.1. The zero-order valence-corrected chi connectivity index (χ0v) is 17.7. The number of ether oxygens (including phenoxy) is 4. The van der Waals surface area contributed by atoms with Crippen molar-refractivity contribution in [3.8, 4) is 33.6 Å². The molecule has 3 aromatic rings. The van der Waals surface area contributed by atoms with Gasteiger partial charge in [0, 0.05) is 5.56 Å². The first-order chi connectivity index (χ1) is 14.6. The molecule has 2 heterocycles. The molecule has 0 spiro atoms. The summed E-state index contributed by atoms with van der Waals surface area (Å²) in [4.78, 5) is 17.9. The predicted octanol–water partition coefficient (Wildman–Crippen LogP) is 3.71. The van der Waals surface area contributed by atoms with E-state index in [0.29, 0.717) is 41.0 Å². The lowest BCUT2D eigenvalue weighted by Gasteiger charge is -2.26. The second-order valence-electron chi connectivity index (χ2n) is 6.71. The normalized spacial score (nSPS) is 14.8. The molecule has 2 aromatic carbocycles. The van der Waals surface area contributed by atoms with Gasteiger partial charge < -0.3 is 24.3 Å². The molecule has 0 saturated carbocycles. The zero-order valence-electron chi connectivity index (χ0n) is 16.9. The number of rotatable bonds is 6. The lowest BCUT2D eigenvalue weighted by atomic mass is 10.2. The van der Waals surface area contributed by atoms with E-state index < -0.39 is 0 Å². The van der Waals surface area contributed by atoms with Gasteiger partial charge in [-0.25, -0.2) is 4.98 Å². The van der Waals surface area contributed by atoms with Crippen LogP contribution in [0.5, 0.6) is 23.0 Å². The van der Waals surface area contributed by atoms with Gasteiger partial charge in [-0.1, -0.05) is 12.1 Å². The van der Waals surface area contributed by atoms with Gasteiger partial charge in [0.1, 0.15) is 22.6 Å². The third-order valence-corrected chi connectivity index (χ3v) is 5.90. The Morgan fingerprint density at radius 3 is 2.70 bits per heavy atom. The van der Waals surface area contributed by atoms with E-state index in [1.807, 2.05) is 49.4 Å². The van der Waals surface area contributed by atoms with E-state index in [-0.39, 0.29) is 12.0 Å². The van der Waals surface area contributed by atoms with E-state index in [1.165, 1.54) is 11.3 Å². The van der Waals surface area contributed by atoms with Gasteiger partial charge in [-0.2, -0.15) is 0 Å². The van der Waals surface area contributed by atoms with Crippen molar-refractivity contribution in [2.45, 2.75) is 13.0 Å². The van der Waals surface area contributed by atoms with Gasteiger partial charge >= 0.3 is 0 Å². The summed E-state index contributed by atoms with van der Waals surface area (Å²) in [5, 5.41) is 3.67. The second-order valence-corrected chi connectivity index (χ2v) is 7.71. The molecule has 0 radical (unpaired) electrons. The van der Waals surface area contributed by atoms with Gasteiger partial charge in [-0.05, 0) is 37.3 Å². The van der Waals surface area contributed by atoms with Crippen molar-refractivity contribution in [1.29, 1.82) is 0 Å². The molecule has 0 aliphatic carbocycles. The summed E-state index contributed by atoms with van der Waals surface area (Å²) in [5.74, 6) is 2.48. The predicted molar refractivity (Wildman–Crippen MR) is 114 cm³/mol. The van der Waals surface area contributed by atoms with Gasteiger partial charge in [0.05, 0.1) is 26.5 Å². The third kappa shape index (κ3) is 4.04. The third-order valence-electron chi connectivity index (χ3n) is 4.69. The first-order valence-electron chi connectivity index (χ1n) is 9.45. The van der Waals surface area contributed by atoms with Crippen LogP contribution in [0, 0.1) is 6.92 Å². The Balaban J connectivity index is 1.44. The van der Waals surface area contributed by atoms with Crippen LogP contribution in [0.1, 0.15) is 15.4 Å². The zero-order chi connectivity index (χ0) is 21.1. The Kier molecular flexibility index (Phi) is 5.76. The van der Waals surface area contributed by atoms with E-state index in [1.54, 1.807) is 14.2 Å². The number of fused-ring (bicyclic) bond motifs is 1. The molecular weight excluding hydrogens is 404 g/mol. The molecule has 1 unspecified atom stereocenters. The van der Waals surface area contributed by atoms with Crippen LogP contribution in [0.2, 0.25) is 0 Å². The molecule has 1 N–H and O–H groups in total. The fourth-order valence-corrected chi connectivity index (χ4v) is 4.13. The number of nitrogens with one attached hydrogen (secondary N) is 1. The van der Waals surface area contributed by atoms with Crippen molar-refractivity contribution in [2.75, 3.05) is 27.4 Å². The SMILES string of the molecule is COc1ccc(-c2nc(C)c(C(=O)NCC3COc4ccccc4O3)s2)cc1OC. The van der Waals surface area contributed by atoms with E-state index >= 15 is 0 Å². The fourth-order valence-electron chi connectivity index (χ4n) is 3.15. The van der Waals surface area contributed by atoms with Gasteiger partial charge in [0.15, 0.2) is 23.0 Å². The molecule has 0 fully saturated rings. The molecule has 1 aromatic heterocycles. The number of hydrogen-bond acceptors (Lipinski definition) is 7. The molecule has 8 heteroatoms. The molecule has 156 valence electrons. The highest BCUT2D eigenvalue weighted by atomic mass is 32.1. The van der Waals surface area contributed by atoms with Gasteiger partial charge in [-0.15, -0.1) is 11.3 Å². The number of amides is 1. The van der Waals surface area contributed by atoms with Gasteiger partial charge in [0.2, 0.25) is 0 Å². The quantitative estimate of drug-likeness (QED) is 0.648. The van der Waals surface area contributed by atoms with Crippen molar-refractivity contribution in [1.82, 2.24) is 10.3 Å². The lowest BCUT2D eigenvalue weighted by molar-refractivity contribution is 0.0791. The Morgan fingerprint density at radius 2 is 1.93 bits per heavy atom. The molecule has 0 bridgehead atoms. The van der Waals surface area contributed by atoms with Crippen molar-refractivity contribution in [3.05, 3.63) is 53.0 Å². The average molecular weight is 426 g/mol. The Hall–Kier alpha value is -3.26. The summed E-state index contributed by atoms with van der Waals surface area (Å²) in [6.45, 7) is 2.55. The highest BCUT2D eigenvalue weighted by molar-refractivity contribution is 7.17. The standard InChI is InChI=1S/C22H22N2O5S/c1-13-20(30-22(24-13)14-8-9-16(26-2)19(10-14)27-3)21(25)23-11-15-12-28-17-6-4-5-7-18(17)29-15/h4-10,15H,11-12H2,1-3H3,(H,23,25). The first-order valence-corrected chi connectivity index (χ1v) is 10.3. The molecule has 1 atom stereocenters. The van der Waals surface area contributed by atoms with Crippen LogP contribution in [-0.2, 0) is 0 Å². The maximum absolute atomic E-state index is 12.7. The molecule has 30 heavy (non-hydrogen) atoms. The summed E-state index contributed by atoms with van der Waals surface area (Å²) in [5.41, 5.74) is 1.54. The number of aromatic nitrogens is 1. The number of carbonyl (C=O) groups is 1. The number of para-hydroxylation sites is 2. The fraction of sp³-hybridized carbons (Fsp3) is 0.273. The molecule has 7 nitrogen and oxygen atoms in total. The minimum absolute atomic E-state index is 0.181. The number of methoxy groups -OCH3 is 2. The molecule has 0 saturated heterocycles. The number of aryl methyl sites for hydroxylation is 1. The molecule has 1 aliphatic rings. The number of thiazole rings is 1. The van der Waals surface area contributed by atoms with Crippen LogP contribution in [0.3, 0.4) is 0 Å². The van der Waals surface area contributed by atoms with Crippen LogP contribution in [0.15, 0.2) is 42.5 Å². The maximum atomic E-state index is 12.7. The van der Waals surface area contributed by atoms with E-state index in [4.69, 9.17) is 18.9 Å². The Labute approximate surface area is 178 Å². The smallest absolute Gasteiger partial charge is 0.263 e. The van der Waals surface area contributed by atoms with E-state index in [2.05, 4.69) is 10.3 Å². The monoisotopic (exact) mass is 426 g/mol. The molecular formula is C22H22N2O5S. The van der Waals surface area contributed by atoms with E-state index in [9.17, 15) is 4.79 Å². The molecule has 1 aliphatic heterocycles. The average Bonchev–Trinajstić information content (AvgIpc) is 3.18. The highest BCUT2D eigenvalue weighted by Crippen LogP contribution is 2.35. The minimum atomic E-state index is -0.248. The Bertz CT molecular complexity index is 1070. The highest BCUT2D eigenvalue weighted by Gasteiger charge is 2.23. The van der Waals surface area contributed by atoms with Gasteiger partial charge in [0.25, 0.3) is 5.91 Å². The number of benzene rings is 2. The summed E-state index contributed by atoms with van der Waals surface area (Å²) in [7, 11) is 3.18. The van der Waals surface area contributed by atoms with Crippen LogP contribution in [-0.4, -0.2) is 44.4 Å². The first kappa shape index (κ1) is 20.0. The largest absolute Gasteiger partial charge is 0.493 e. The molecule has 4 rings (SSSR count). The minimum Gasteiger partial charge on any atom is -0.493 e. The van der Waals surface area contributed by atoms with Crippen LogP contribution >= 0.6 is 11.3 Å². The number of nitrogens with zero attached hydrogens (tertiary/aromatic N) is 1. The maximum Gasteiger partial charge on any atom is 0.263 e. The van der Waals surface area contributed by atoms with Crippen molar-refractivity contribution < 1.29 is 23.7 Å². The lowest BCUT2D eigenvalue weighted by Crippen LogP contribution is -2.40. The van der Waals surface area contributed by atoms with Crippen LogP contribution in [0.4, 0.5) is 0 Å². The van der Waals surface area contributed by atoms with Crippen molar-refractivity contribution in [3.63, 3.8) is 0 Å². The topological polar surface area (TPSA) is 78.9 Å². The summed E-state index contributed by atoms with van der Waals surface area (Å²) < 4.78 is 22.2.